The second-order valence-electron chi connectivity index (χ2n) is 7.92. The van der Waals surface area contributed by atoms with Gasteiger partial charge in [-0.25, -0.2) is 0 Å². The van der Waals surface area contributed by atoms with E-state index in [1.54, 1.807) is 6.08 Å². The zero-order valence-electron chi connectivity index (χ0n) is 18.6. The summed E-state index contributed by atoms with van der Waals surface area (Å²) < 4.78 is 11.7. The average molecular weight is 472 g/mol. The van der Waals surface area contributed by atoms with Gasteiger partial charge in [0.2, 0.25) is 0 Å². The van der Waals surface area contributed by atoms with Gasteiger partial charge in [-0.05, 0) is 42.7 Å². The van der Waals surface area contributed by atoms with Crippen molar-refractivity contribution in [3.63, 3.8) is 0 Å². The molecule has 6 heteroatoms. The number of nitrogens with zero attached hydrogens (tertiary/aromatic N) is 1. The summed E-state index contributed by atoms with van der Waals surface area (Å²) >= 11 is 12.1. The van der Waals surface area contributed by atoms with Crippen LogP contribution in [0.1, 0.15) is 32.9 Å². The van der Waals surface area contributed by atoms with Crippen LogP contribution in [0.3, 0.4) is 0 Å². The predicted molar refractivity (Wildman–Crippen MR) is 130 cm³/mol. The third-order valence-corrected chi connectivity index (χ3v) is 6.11. The number of carbonyl (C=O) groups is 1. The molecule has 0 aliphatic heterocycles. The SMILES string of the molecule is CCC(C=C(Cl)Cl)C(C(=O)OC)(c1cc(Oc2ccccc2)c2ccccc2n1)C(C)C. The molecule has 1 heterocycles. The summed E-state index contributed by atoms with van der Waals surface area (Å²) in [4.78, 5) is 18.4. The van der Waals surface area contributed by atoms with E-state index in [1.807, 2.05) is 81.4 Å². The van der Waals surface area contributed by atoms with Crippen LogP contribution in [0.25, 0.3) is 10.9 Å². The smallest absolute Gasteiger partial charge is 0.318 e. The summed E-state index contributed by atoms with van der Waals surface area (Å²) in [5.41, 5.74) is 0.166. The molecular formula is C26H27Cl2NO3. The lowest BCUT2D eigenvalue weighted by Gasteiger charge is -2.40. The van der Waals surface area contributed by atoms with Gasteiger partial charge >= 0.3 is 5.97 Å². The first-order valence-corrected chi connectivity index (χ1v) is 11.3. The van der Waals surface area contributed by atoms with E-state index in [-0.39, 0.29) is 16.3 Å². The molecule has 0 amide bonds. The lowest BCUT2D eigenvalue weighted by Crippen LogP contribution is -2.48. The first kappa shape index (κ1) is 24.1. The van der Waals surface area contributed by atoms with Crippen LogP contribution in [-0.2, 0) is 14.9 Å². The Morgan fingerprint density at radius 1 is 1.09 bits per heavy atom. The largest absolute Gasteiger partial charge is 0.468 e. The van der Waals surface area contributed by atoms with E-state index in [9.17, 15) is 4.79 Å². The number of fused-ring (bicyclic) bond motifs is 1. The molecule has 0 radical (unpaired) electrons. The highest BCUT2D eigenvalue weighted by molar-refractivity contribution is 6.55. The molecule has 0 N–H and O–H groups in total. The fourth-order valence-corrected chi connectivity index (χ4v) is 4.66. The van der Waals surface area contributed by atoms with E-state index in [1.165, 1.54) is 7.11 Å². The summed E-state index contributed by atoms with van der Waals surface area (Å²) in [7, 11) is 1.39. The minimum absolute atomic E-state index is 0.104. The molecule has 3 rings (SSSR count). The van der Waals surface area contributed by atoms with Crippen molar-refractivity contribution in [2.45, 2.75) is 32.6 Å². The highest BCUT2D eigenvalue weighted by Gasteiger charge is 2.51. The van der Waals surface area contributed by atoms with Gasteiger partial charge in [0.05, 0.1) is 18.3 Å². The number of aromatic nitrogens is 1. The topological polar surface area (TPSA) is 48.4 Å². The van der Waals surface area contributed by atoms with Crippen molar-refractivity contribution >= 4 is 40.1 Å². The summed E-state index contributed by atoms with van der Waals surface area (Å²) in [5.74, 6) is 0.416. The molecule has 2 unspecified atom stereocenters. The molecule has 0 bridgehead atoms. The summed E-state index contributed by atoms with van der Waals surface area (Å²) in [6, 6.07) is 19.1. The van der Waals surface area contributed by atoms with Crippen LogP contribution in [0.5, 0.6) is 11.5 Å². The Morgan fingerprint density at radius 3 is 2.34 bits per heavy atom. The number of carbonyl (C=O) groups excluding carboxylic acids is 1. The maximum atomic E-state index is 13.4. The van der Waals surface area contributed by atoms with Gasteiger partial charge in [0.15, 0.2) is 0 Å². The normalized spacial score (nSPS) is 14.0. The second-order valence-corrected chi connectivity index (χ2v) is 8.93. The number of ether oxygens (including phenoxy) is 2. The first-order chi connectivity index (χ1) is 15.3. The van der Waals surface area contributed by atoms with Crippen molar-refractivity contribution < 1.29 is 14.3 Å². The number of rotatable bonds is 8. The van der Waals surface area contributed by atoms with E-state index in [4.69, 9.17) is 37.7 Å². The molecule has 2 aromatic carbocycles. The maximum Gasteiger partial charge on any atom is 0.318 e. The van der Waals surface area contributed by atoms with Gasteiger partial charge in [-0.3, -0.25) is 9.78 Å². The molecule has 0 saturated carbocycles. The number of allylic oxidation sites excluding steroid dienone is 1. The van der Waals surface area contributed by atoms with Crippen molar-refractivity contribution in [2.75, 3.05) is 7.11 Å². The number of esters is 1. The molecule has 168 valence electrons. The van der Waals surface area contributed by atoms with Gasteiger partial charge in [0.25, 0.3) is 0 Å². The van der Waals surface area contributed by atoms with Crippen LogP contribution in [0, 0.1) is 11.8 Å². The number of benzene rings is 2. The van der Waals surface area contributed by atoms with Gasteiger partial charge in [-0.1, -0.05) is 74.3 Å². The monoisotopic (exact) mass is 471 g/mol. The highest BCUT2D eigenvalue weighted by Crippen LogP contribution is 2.45. The number of hydrogen-bond donors (Lipinski definition) is 0. The second kappa shape index (κ2) is 10.4. The summed E-state index contributed by atoms with van der Waals surface area (Å²) in [6.45, 7) is 5.94. The van der Waals surface area contributed by atoms with E-state index in [0.29, 0.717) is 23.6 Å². The quantitative estimate of drug-likeness (QED) is 0.320. The lowest BCUT2D eigenvalue weighted by molar-refractivity contribution is -0.152. The molecule has 0 fully saturated rings. The van der Waals surface area contributed by atoms with Crippen LogP contribution in [0.2, 0.25) is 0 Å². The average Bonchev–Trinajstić information content (AvgIpc) is 2.78. The standard InChI is InChI=1S/C26H27Cl2NO3/c1-5-18(15-24(27)28)26(17(2)3,25(30)31-4)23-16-22(32-19-11-7-6-8-12-19)20-13-9-10-14-21(20)29-23/h6-18H,5H2,1-4H3. The Kier molecular flexibility index (Phi) is 7.81. The molecule has 3 aromatic rings. The highest BCUT2D eigenvalue weighted by atomic mass is 35.5. The molecule has 0 spiro atoms. The molecule has 0 aliphatic carbocycles. The number of pyridine rings is 1. The zero-order chi connectivity index (χ0) is 23.3. The van der Waals surface area contributed by atoms with Crippen molar-refractivity contribution in [2.24, 2.45) is 11.8 Å². The van der Waals surface area contributed by atoms with Gasteiger partial charge in [0.1, 0.15) is 21.4 Å². The number of para-hydroxylation sites is 2. The summed E-state index contributed by atoms with van der Waals surface area (Å²) in [6.07, 6.45) is 2.31. The van der Waals surface area contributed by atoms with Crippen molar-refractivity contribution in [3.8, 4) is 11.5 Å². The molecule has 32 heavy (non-hydrogen) atoms. The third kappa shape index (κ3) is 4.62. The number of methoxy groups -OCH3 is 1. The molecule has 0 aliphatic rings. The van der Waals surface area contributed by atoms with Crippen LogP contribution < -0.4 is 4.74 Å². The number of hydrogen-bond acceptors (Lipinski definition) is 4. The Balaban J connectivity index is 2.33. The minimum Gasteiger partial charge on any atom is -0.468 e. The van der Waals surface area contributed by atoms with Gasteiger partial charge < -0.3 is 9.47 Å². The third-order valence-electron chi connectivity index (χ3n) is 5.86. The number of halogens is 2. The molecule has 0 saturated heterocycles. The van der Waals surface area contributed by atoms with Crippen LogP contribution in [-0.4, -0.2) is 18.1 Å². The van der Waals surface area contributed by atoms with Gasteiger partial charge in [0, 0.05) is 17.4 Å². The van der Waals surface area contributed by atoms with E-state index in [0.717, 1.165) is 10.9 Å². The fourth-order valence-electron chi connectivity index (χ4n) is 4.35. The minimum atomic E-state index is -1.11. The maximum absolute atomic E-state index is 13.4. The van der Waals surface area contributed by atoms with Gasteiger partial charge in [-0.2, -0.15) is 0 Å². The molecular weight excluding hydrogens is 445 g/mol. The van der Waals surface area contributed by atoms with Crippen molar-refractivity contribution in [1.82, 2.24) is 4.98 Å². The Hall–Kier alpha value is -2.56. The lowest BCUT2D eigenvalue weighted by atomic mass is 9.64. The fraction of sp³-hybridized carbons (Fsp3) is 0.308. The Labute approximate surface area is 199 Å². The molecule has 2 atom stereocenters. The van der Waals surface area contributed by atoms with E-state index < -0.39 is 11.4 Å². The van der Waals surface area contributed by atoms with Crippen LogP contribution in [0.15, 0.2) is 71.2 Å². The van der Waals surface area contributed by atoms with Crippen LogP contribution in [0.4, 0.5) is 0 Å². The molecule has 4 nitrogen and oxygen atoms in total. The van der Waals surface area contributed by atoms with Crippen molar-refractivity contribution in [1.29, 1.82) is 0 Å². The predicted octanol–water partition coefficient (Wildman–Crippen LogP) is 7.44. The zero-order valence-corrected chi connectivity index (χ0v) is 20.2. The van der Waals surface area contributed by atoms with Gasteiger partial charge in [-0.15, -0.1) is 0 Å². The first-order valence-electron chi connectivity index (χ1n) is 10.6. The Morgan fingerprint density at radius 2 is 1.75 bits per heavy atom. The van der Waals surface area contributed by atoms with E-state index >= 15 is 0 Å². The van der Waals surface area contributed by atoms with Crippen molar-refractivity contribution in [3.05, 3.63) is 76.9 Å². The molecule has 1 aromatic heterocycles. The summed E-state index contributed by atoms with van der Waals surface area (Å²) in [5, 5.41) is 0.849. The van der Waals surface area contributed by atoms with E-state index in [2.05, 4.69) is 0 Å². The van der Waals surface area contributed by atoms with Crippen LogP contribution >= 0.6 is 23.2 Å². The Bertz CT molecular complexity index is 1110.